The van der Waals surface area contributed by atoms with Crippen LogP contribution in [0.3, 0.4) is 0 Å². The zero-order chi connectivity index (χ0) is 12.3. The number of aromatic nitrogens is 2. The molecule has 0 fully saturated rings. The SMILES string of the molecule is CCN(c1nnc(C)c(C)c1C#N)C(C)C. The maximum absolute atomic E-state index is 9.21. The fraction of sp³-hybridized carbons (Fsp3) is 0.583. The number of anilines is 1. The topological polar surface area (TPSA) is 52.8 Å². The summed E-state index contributed by atoms with van der Waals surface area (Å²) in [6.45, 7) is 10.8. The first-order chi connectivity index (χ1) is 7.52. The van der Waals surface area contributed by atoms with Gasteiger partial charge in [-0.25, -0.2) is 0 Å². The Morgan fingerprint density at radius 1 is 1.31 bits per heavy atom. The van der Waals surface area contributed by atoms with Crippen molar-refractivity contribution in [2.45, 2.75) is 40.7 Å². The minimum absolute atomic E-state index is 0.313. The molecule has 0 aliphatic carbocycles. The lowest BCUT2D eigenvalue weighted by atomic mass is 10.1. The highest BCUT2D eigenvalue weighted by Crippen LogP contribution is 2.22. The summed E-state index contributed by atoms with van der Waals surface area (Å²) in [5.74, 6) is 0.697. The second-order valence-electron chi connectivity index (χ2n) is 4.10. The average molecular weight is 218 g/mol. The third-order valence-electron chi connectivity index (χ3n) is 2.78. The monoisotopic (exact) mass is 218 g/mol. The van der Waals surface area contributed by atoms with E-state index >= 15 is 0 Å². The van der Waals surface area contributed by atoms with Gasteiger partial charge in [0.25, 0.3) is 0 Å². The van der Waals surface area contributed by atoms with Crippen LogP contribution in [0.2, 0.25) is 0 Å². The molecule has 0 bridgehead atoms. The summed E-state index contributed by atoms with van der Waals surface area (Å²) in [6, 6.07) is 2.54. The van der Waals surface area contributed by atoms with Gasteiger partial charge in [0, 0.05) is 12.6 Å². The van der Waals surface area contributed by atoms with Crippen molar-refractivity contribution in [1.82, 2.24) is 10.2 Å². The molecule has 0 aliphatic heterocycles. The Labute approximate surface area is 96.9 Å². The maximum atomic E-state index is 9.21. The Hall–Kier alpha value is -1.63. The number of nitriles is 1. The molecular formula is C12H18N4. The second kappa shape index (κ2) is 4.93. The fourth-order valence-electron chi connectivity index (χ4n) is 1.69. The summed E-state index contributed by atoms with van der Waals surface area (Å²) in [5, 5.41) is 17.5. The number of hydrogen-bond acceptors (Lipinski definition) is 4. The number of aryl methyl sites for hydroxylation is 1. The van der Waals surface area contributed by atoms with Crippen LogP contribution in [0, 0.1) is 25.2 Å². The second-order valence-corrected chi connectivity index (χ2v) is 4.10. The third-order valence-corrected chi connectivity index (χ3v) is 2.78. The van der Waals surface area contributed by atoms with E-state index < -0.39 is 0 Å². The molecule has 4 nitrogen and oxygen atoms in total. The van der Waals surface area contributed by atoms with Gasteiger partial charge in [-0.15, -0.1) is 5.10 Å². The summed E-state index contributed by atoms with van der Waals surface area (Å²) in [4.78, 5) is 2.08. The lowest BCUT2D eigenvalue weighted by molar-refractivity contribution is 0.682. The number of nitrogens with zero attached hydrogens (tertiary/aromatic N) is 4. The standard InChI is InChI=1S/C12H18N4/c1-6-16(8(2)3)12-11(7-13)9(4)10(5)14-15-12/h8H,6H2,1-5H3. The van der Waals surface area contributed by atoms with Crippen LogP contribution >= 0.6 is 0 Å². The van der Waals surface area contributed by atoms with Crippen LogP contribution in [0.15, 0.2) is 0 Å². The molecule has 4 heteroatoms. The number of rotatable bonds is 3. The summed E-state index contributed by atoms with van der Waals surface area (Å²) >= 11 is 0. The lowest BCUT2D eigenvalue weighted by Crippen LogP contribution is -2.32. The normalized spacial score (nSPS) is 10.3. The molecule has 1 aromatic heterocycles. The van der Waals surface area contributed by atoms with Gasteiger partial charge in [0.15, 0.2) is 5.82 Å². The maximum Gasteiger partial charge on any atom is 0.169 e. The summed E-state index contributed by atoms with van der Waals surface area (Å²) in [5.41, 5.74) is 2.38. The van der Waals surface area contributed by atoms with Crippen molar-refractivity contribution in [3.05, 3.63) is 16.8 Å². The van der Waals surface area contributed by atoms with E-state index in [0.29, 0.717) is 17.4 Å². The van der Waals surface area contributed by atoms with Crippen LogP contribution in [0.5, 0.6) is 0 Å². The fourth-order valence-corrected chi connectivity index (χ4v) is 1.69. The molecule has 0 saturated heterocycles. The number of hydrogen-bond donors (Lipinski definition) is 0. The molecule has 0 atom stereocenters. The van der Waals surface area contributed by atoms with Gasteiger partial charge in [0.05, 0.1) is 5.69 Å². The van der Waals surface area contributed by atoms with E-state index in [4.69, 9.17) is 0 Å². The van der Waals surface area contributed by atoms with Crippen molar-refractivity contribution < 1.29 is 0 Å². The van der Waals surface area contributed by atoms with Gasteiger partial charge in [-0.2, -0.15) is 10.4 Å². The predicted molar refractivity (Wildman–Crippen MR) is 64.4 cm³/mol. The van der Waals surface area contributed by atoms with Crippen molar-refractivity contribution in [1.29, 1.82) is 5.26 Å². The van der Waals surface area contributed by atoms with Crippen molar-refractivity contribution >= 4 is 5.82 Å². The molecule has 1 aromatic rings. The van der Waals surface area contributed by atoms with Crippen molar-refractivity contribution in [3.8, 4) is 6.07 Å². The van der Waals surface area contributed by atoms with Crippen LogP contribution in [-0.4, -0.2) is 22.8 Å². The first-order valence-electron chi connectivity index (χ1n) is 5.53. The van der Waals surface area contributed by atoms with E-state index in [9.17, 15) is 5.26 Å². The van der Waals surface area contributed by atoms with Crippen molar-refractivity contribution in [3.63, 3.8) is 0 Å². The smallest absolute Gasteiger partial charge is 0.169 e. The Bertz CT molecular complexity index is 418. The quantitative estimate of drug-likeness (QED) is 0.780. The molecule has 0 unspecified atom stereocenters. The molecule has 0 aromatic carbocycles. The first kappa shape index (κ1) is 12.4. The highest BCUT2D eigenvalue weighted by molar-refractivity contribution is 5.57. The Morgan fingerprint density at radius 2 is 1.94 bits per heavy atom. The van der Waals surface area contributed by atoms with E-state index in [1.807, 2.05) is 13.8 Å². The highest BCUT2D eigenvalue weighted by Gasteiger charge is 2.17. The van der Waals surface area contributed by atoms with Gasteiger partial charge in [-0.1, -0.05) is 0 Å². The third kappa shape index (κ3) is 2.13. The molecular weight excluding hydrogens is 200 g/mol. The predicted octanol–water partition coefficient (Wildman–Crippen LogP) is 2.20. The van der Waals surface area contributed by atoms with Gasteiger partial charge in [0.1, 0.15) is 11.6 Å². The summed E-state index contributed by atoms with van der Waals surface area (Å²) in [7, 11) is 0. The zero-order valence-corrected chi connectivity index (χ0v) is 10.6. The van der Waals surface area contributed by atoms with E-state index in [-0.39, 0.29) is 0 Å². The average Bonchev–Trinajstić information content (AvgIpc) is 2.24. The van der Waals surface area contributed by atoms with Crippen LogP contribution in [0.25, 0.3) is 0 Å². The lowest BCUT2D eigenvalue weighted by Gasteiger charge is -2.27. The van der Waals surface area contributed by atoms with Gasteiger partial charge in [-0.05, 0) is 40.2 Å². The summed E-state index contributed by atoms with van der Waals surface area (Å²) in [6.07, 6.45) is 0. The largest absolute Gasteiger partial charge is 0.352 e. The highest BCUT2D eigenvalue weighted by atomic mass is 15.3. The van der Waals surface area contributed by atoms with Gasteiger partial charge in [0.2, 0.25) is 0 Å². The van der Waals surface area contributed by atoms with Gasteiger partial charge >= 0.3 is 0 Å². The first-order valence-corrected chi connectivity index (χ1v) is 5.53. The molecule has 0 aliphatic rings. The molecule has 86 valence electrons. The van der Waals surface area contributed by atoms with E-state index in [1.54, 1.807) is 0 Å². The molecule has 0 spiro atoms. The Kier molecular flexibility index (Phi) is 3.83. The summed E-state index contributed by atoms with van der Waals surface area (Å²) < 4.78 is 0. The van der Waals surface area contributed by atoms with Crippen molar-refractivity contribution in [2.24, 2.45) is 0 Å². The molecule has 1 heterocycles. The van der Waals surface area contributed by atoms with E-state index in [2.05, 4.69) is 41.9 Å². The van der Waals surface area contributed by atoms with Gasteiger partial charge < -0.3 is 4.90 Å². The van der Waals surface area contributed by atoms with Crippen molar-refractivity contribution in [2.75, 3.05) is 11.4 Å². The molecule has 1 rings (SSSR count). The molecule has 0 amide bonds. The molecule has 0 radical (unpaired) electrons. The van der Waals surface area contributed by atoms with E-state index in [1.165, 1.54) is 0 Å². The van der Waals surface area contributed by atoms with E-state index in [0.717, 1.165) is 17.8 Å². The Balaban J connectivity index is 3.34. The molecule has 16 heavy (non-hydrogen) atoms. The zero-order valence-electron chi connectivity index (χ0n) is 10.6. The molecule has 0 saturated carbocycles. The van der Waals surface area contributed by atoms with Gasteiger partial charge in [-0.3, -0.25) is 0 Å². The van der Waals surface area contributed by atoms with Crippen LogP contribution in [-0.2, 0) is 0 Å². The Morgan fingerprint density at radius 3 is 2.38 bits per heavy atom. The van der Waals surface area contributed by atoms with Crippen LogP contribution < -0.4 is 4.90 Å². The van der Waals surface area contributed by atoms with Crippen LogP contribution in [0.1, 0.15) is 37.6 Å². The minimum Gasteiger partial charge on any atom is -0.352 e. The van der Waals surface area contributed by atoms with Crippen LogP contribution in [0.4, 0.5) is 5.82 Å². The molecule has 0 N–H and O–H groups in total. The minimum atomic E-state index is 0.313.